The monoisotopic (exact) mass is 465 g/mol. The van der Waals surface area contributed by atoms with Crippen molar-refractivity contribution in [1.29, 1.82) is 0 Å². The molecule has 0 aliphatic rings. The molecule has 3 aromatic carbocycles. The molecular formula is C24H20ClN3O5. The number of benzene rings is 3. The summed E-state index contributed by atoms with van der Waals surface area (Å²) >= 11 is 6.06. The number of rotatable bonds is 7. The second-order valence-corrected chi connectivity index (χ2v) is 7.19. The molecule has 0 fully saturated rings. The number of esters is 1. The van der Waals surface area contributed by atoms with Crippen LogP contribution in [0.3, 0.4) is 0 Å². The molecule has 0 spiro atoms. The molecule has 2 amide bonds. The van der Waals surface area contributed by atoms with Gasteiger partial charge in [-0.15, -0.1) is 0 Å². The van der Waals surface area contributed by atoms with Gasteiger partial charge in [0.25, 0.3) is 5.91 Å². The van der Waals surface area contributed by atoms with E-state index < -0.39 is 11.9 Å². The fourth-order valence-electron chi connectivity index (χ4n) is 2.73. The van der Waals surface area contributed by atoms with Crippen LogP contribution in [0.2, 0.25) is 5.02 Å². The lowest BCUT2D eigenvalue weighted by molar-refractivity contribution is -0.114. The Morgan fingerprint density at radius 2 is 1.61 bits per heavy atom. The largest absolute Gasteiger partial charge is 0.497 e. The third-order valence-electron chi connectivity index (χ3n) is 4.34. The molecule has 0 atom stereocenters. The summed E-state index contributed by atoms with van der Waals surface area (Å²) in [5.41, 5.74) is 4.05. The first kappa shape index (κ1) is 23.5. The van der Waals surface area contributed by atoms with Crippen LogP contribution in [0.4, 0.5) is 5.69 Å². The normalized spacial score (nSPS) is 10.5. The standard InChI is InChI=1S/C24H20ClN3O5/c1-15(29)27-20-8-3-16(4-9-20)23(30)28-26-14-18-13-19(25)7-12-22(18)33-24(31)17-5-10-21(32-2)11-6-17/h3-14H,1-2H3,(H,27,29)(H,28,30)/b26-14+. The molecule has 2 N–H and O–H groups in total. The van der Waals surface area contributed by atoms with Gasteiger partial charge in [0.1, 0.15) is 11.5 Å². The van der Waals surface area contributed by atoms with Gasteiger partial charge >= 0.3 is 5.97 Å². The third-order valence-corrected chi connectivity index (χ3v) is 4.57. The molecule has 33 heavy (non-hydrogen) atoms. The molecule has 0 heterocycles. The number of hydrazone groups is 1. The van der Waals surface area contributed by atoms with Crippen molar-refractivity contribution in [3.8, 4) is 11.5 Å². The molecule has 0 unspecified atom stereocenters. The minimum Gasteiger partial charge on any atom is -0.497 e. The molecule has 9 heteroatoms. The quantitative estimate of drug-likeness (QED) is 0.234. The molecule has 3 rings (SSSR count). The van der Waals surface area contributed by atoms with Crippen LogP contribution >= 0.6 is 11.6 Å². The number of carbonyl (C=O) groups excluding carboxylic acids is 3. The highest BCUT2D eigenvalue weighted by Gasteiger charge is 2.12. The van der Waals surface area contributed by atoms with E-state index in [-0.39, 0.29) is 11.7 Å². The Morgan fingerprint density at radius 3 is 2.24 bits per heavy atom. The smallest absolute Gasteiger partial charge is 0.343 e. The molecule has 0 bridgehead atoms. The van der Waals surface area contributed by atoms with Crippen molar-refractivity contribution in [2.24, 2.45) is 5.10 Å². The lowest BCUT2D eigenvalue weighted by Crippen LogP contribution is -2.18. The van der Waals surface area contributed by atoms with Crippen molar-refractivity contribution in [2.45, 2.75) is 6.92 Å². The van der Waals surface area contributed by atoms with E-state index in [1.807, 2.05) is 0 Å². The number of hydrogen-bond donors (Lipinski definition) is 2. The molecule has 0 aromatic heterocycles. The molecule has 0 aliphatic carbocycles. The number of ether oxygens (including phenoxy) is 2. The van der Waals surface area contributed by atoms with Gasteiger partial charge in [0.2, 0.25) is 5.91 Å². The molecule has 8 nitrogen and oxygen atoms in total. The molecule has 0 saturated heterocycles. The number of methoxy groups -OCH3 is 1. The van der Waals surface area contributed by atoms with Crippen LogP contribution in [0, 0.1) is 0 Å². The Balaban J connectivity index is 1.68. The van der Waals surface area contributed by atoms with Crippen molar-refractivity contribution in [3.63, 3.8) is 0 Å². The maximum absolute atomic E-state index is 12.5. The van der Waals surface area contributed by atoms with Crippen molar-refractivity contribution in [3.05, 3.63) is 88.4 Å². The number of carbonyl (C=O) groups is 3. The predicted octanol–water partition coefficient (Wildman–Crippen LogP) is 4.29. The first-order valence-electron chi connectivity index (χ1n) is 9.72. The van der Waals surface area contributed by atoms with Crippen LogP contribution in [0.15, 0.2) is 71.8 Å². The van der Waals surface area contributed by atoms with Gasteiger partial charge in [-0.25, -0.2) is 10.2 Å². The van der Waals surface area contributed by atoms with Crippen molar-refractivity contribution in [2.75, 3.05) is 12.4 Å². The van der Waals surface area contributed by atoms with Gasteiger partial charge in [0.05, 0.1) is 18.9 Å². The number of nitrogens with zero attached hydrogens (tertiary/aromatic N) is 1. The topological polar surface area (TPSA) is 106 Å². The summed E-state index contributed by atoms with van der Waals surface area (Å²) < 4.78 is 10.6. The Bertz CT molecular complexity index is 1190. The third kappa shape index (κ3) is 6.65. The summed E-state index contributed by atoms with van der Waals surface area (Å²) in [7, 11) is 1.53. The summed E-state index contributed by atoms with van der Waals surface area (Å²) in [6, 6.07) is 17.5. The van der Waals surface area contributed by atoms with Gasteiger partial charge in [-0.2, -0.15) is 5.10 Å². The summed E-state index contributed by atoms with van der Waals surface area (Å²) in [5.74, 6) is -0.400. The maximum Gasteiger partial charge on any atom is 0.343 e. The lowest BCUT2D eigenvalue weighted by atomic mass is 10.2. The molecule has 0 aliphatic heterocycles. The van der Waals surface area contributed by atoms with Crippen LogP contribution in [0.5, 0.6) is 11.5 Å². The zero-order valence-electron chi connectivity index (χ0n) is 17.8. The van der Waals surface area contributed by atoms with Crippen LogP contribution in [-0.2, 0) is 4.79 Å². The number of hydrogen-bond acceptors (Lipinski definition) is 6. The SMILES string of the molecule is COc1ccc(C(=O)Oc2ccc(Cl)cc2/C=N/NC(=O)c2ccc(NC(C)=O)cc2)cc1. The van der Waals surface area contributed by atoms with E-state index in [1.165, 1.54) is 26.3 Å². The molecular weight excluding hydrogens is 446 g/mol. The van der Waals surface area contributed by atoms with Crippen LogP contribution in [0.1, 0.15) is 33.2 Å². The average molecular weight is 466 g/mol. The van der Waals surface area contributed by atoms with Gasteiger partial charge in [-0.05, 0) is 66.7 Å². The predicted molar refractivity (Wildman–Crippen MR) is 125 cm³/mol. The van der Waals surface area contributed by atoms with Crippen molar-refractivity contribution < 1.29 is 23.9 Å². The molecule has 168 valence electrons. The van der Waals surface area contributed by atoms with E-state index in [0.717, 1.165) is 0 Å². The summed E-state index contributed by atoms with van der Waals surface area (Å²) in [5, 5.41) is 6.96. The first-order valence-corrected chi connectivity index (χ1v) is 10.1. The highest BCUT2D eigenvalue weighted by atomic mass is 35.5. The van der Waals surface area contributed by atoms with E-state index in [4.69, 9.17) is 21.1 Å². The molecule has 0 saturated carbocycles. The molecule has 3 aromatic rings. The number of nitrogens with one attached hydrogen (secondary N) is 2. The fourth-order valence-corrected chi connectivity index (χ4v) is 2.91. The van der Waals surface area contributed by atoms with E-state index in [0.29, 0.717) is 33.1 Å². The Kier molecular flexibility index (Phi) is 7.77. The number of amides is 2. The van der Waals surface area contributed by atoms with E-state index in [1.54, 1.807) is 60.7 Å². The van der Waals surface area contributed by atoms with E-state index in [9.17, 15) is 14.4 Å². The van der Waals surface area contributed by atoms with E-state index in [2.05, 4.69) is 15.8 Å². The summed E-state index contributed by atoms with van der Waals surface area (Å²) in [6.07, 6.45) is 1.33. The lowest BCUT2D eigenvalue weighted by Gasteiger charge is -2.08. The van der Waals surface area contributed by atoms with E-state index >= 15 is 0 Å². The Labute approximate surface area is 195 Å². The minimum absolute atomic E-state index is 0.207. The number of anilines is 1. The van der Waals surface area contributed by atoms with Gasteiger partial charge in [-0.3, -0.25) is 9.59 Å². The van der Waals surface area contributed by atoms with Gasteiger partial charge in [0, 0.05) is 28.8 Å². The second kappa shape index (κ2) is 10.9. The van der Waals surface area contributed by atoms with Gasteiger partial charge in [-0.1, -0.05) is 11.6 Å². The highest BCUT2D eigenvalue weighted by molar-refractivity contribution is 6.31. The minimum atomic E-state index is -0.571. The zero-order valence-corrected chi connectivity index (χ0v) is 18.6. The van der Waals surface area contributed by atoms with Gasteiger partial charge in [0.15, 0.2) is 0 Å². The second-order valence-electron chi connectivity index (χ2n) is 6.76. The average Bonchev–Trinajstić information content (AvgIpc) is 2.80. The summed E-state index contributed by atoms with van der Waals surface area (Å²) in [4.78, 5) is 35.9. The van der Waals surface area contributed by atoms with Gasteiger partial charge < -0.3 is 14.8 Å². The van der Waals surface area contributed by atoms with Crippen LogP contribution < -0.4 is 20.2 Å². The first-order chi connectivity index (χ1) is 15.9. The Hall–Kier alpha value is -4.17. The highest BCUT2D eigenvalue weighted by Crippen LogP contribution is 2.23. The van der Waals surface area contributed by atoms with Crippen LogP contribution in [-0.4, -0.2) is 31.1 Å². The van der Waals surface area contributed by atoms with Crippen LogP contribution in [0.25, 0.3) is 0 Å². The van der Waals surface area contributed by atoms with Crippen molar-refractivity contribution in [1.82, 2.24) is 5.43 Å². The summed E-state index contributed by atoms with van der Waals surface area (Å²) in [6.45, 7) is 1.40. The molecule has 0 radical (unpaired) electrons. The zero-order chi connectivity index (χ0) is 23.8. The van der Waals surface area contributed by atoms with Crippen molar-refractivity contribution >= 4 is 41.3 Å². The fraction of sp³-hybridized carbons (Fsp3) is 0.0833. The number of halogens is 1. The Morgan fingerprint density at radius 1 is 0.939 bits per heavy atom. The maximum atomic E-state index is 12.5.